The van der Waals surface area contributed by atoms with Crippen molar-refractivity contribution in [2.75, 3.05) is 13.7 Å². The van der Waals surface area contributed by atoms with E-state index in [0.717, 1.165) is 13.0 Å². The van der Waals surface area contributed by atoms with Crippen LogP contribution < -0.4 is 4.74 Å². The van der Waals surface area contributed by atoms with E-state index in [0.29, 0.717) is 17.9 Å². The van der Waals surface area contributed by atoms with Gasteiger partial charge < -0.3 is 9.64 Å². The first-order valence-electron chi connectivity index (χ1n) is 6.78. The molecule has 0 radical (unpaired) electrons. The third-order valence-electron chi connectivity index (χ3n) is 3.76. The molecule has 1 amide bonds. The van der Waals surface area contributed by atoms with E-state index in [1.54, 1.807) is 7.11 Å². The van der Waals surface area contributed by atoms with Crippen LogP contribution in [0.1, 0.15) is 21.5 Å². The zero-order valence-electron chi connectivity index (χ0n) is 11.5. The van der Waals surface area contributed by atoms with Crippen LogP contribution in [-0.2, 0) is 13.0 Å². The molecule has 2 aromatic rings. The van der Waals surface area contributed by atoms with Crippen LogP contribution in [0.2, 0.25) is 0 Å². The summed E-state index contributed by atoms with van der Waals surface area (Å²) in [5.41, 5.74) is 3.22. The number of methoxy groups -OCH3 is 1. The van der Waals surface area contributed by atoms with Crippen LogP contribution in [0.3, 0.4) is 0 Å². The number of benzene rings is 2. The Morgan fingerprint density at radius 3 is 2.55 bits per heavy atom. The molecule has 0 atom stereocenters. The number of hydrogen-bond acceptors (Lipinski definition) is 2. The lowest BCUT2D eigenvalue weighted by Crippen LogP contribution is -2.36. The molecule has 0 saturated carbocycles. The Morgan fingerprint density at radius 1 is 1.05 bits per heavy atom. The number of rotatable bonds is 2. The average molecular weight is 267 g/mol. The number of hydrogen-bond donors (Lipinski definition) is 0. The molecule has 2 aromatic carbocycles. The molecule has 20 heavy (non-hydrogen) atoms. The Labute approximate surface area is 118 Å². The highest BCUT2D eigenvalue weighted by atomic mass is 16.5. The summed E-state index contributed by atoms with van der Waals surface area (Å²) < 4.78 is 5.28. The highest BCUT2D eigenvalue weighted by molar-refractivity contribution is 5.97. The van der Waals surface area contributed by atoms with Gasteiger partial charge in [-0.05, 0) is 29.7 Å². The lowest BCUT2D eigenvalue weighted by atomic mass is 9.99. The minimum Gasteiger partial charge on any atom is -0.496 e. The number of fused-ring (bicyclic) bond motifs is 1. The van der Waals surface area contributed by atoms with Gasteiger partial charge in [-0.2, -0.15) is 0 Å². The summed E-state index contributed by atoms with van der Waals surface area (Å²) in [6.07, 6.45) is 0.914. The summed E-state index contributed by atoms with van der Waals surface area (Å²) in [5, 5.41) is 0. The minimum absolute atomic E-state index is 0.0388. The van der Waals surface area contributed by atoms with Crippen LogP contribution in [0.4, 0.5) is 0 Å². The molecule has 3 rings (SSSR count). The van der Waals surface area contributed by atoms with Gasteiger partial charge in [-0.25, -0.2) is 0 Å². The van der Waals surface area contributed by atoms with Crippen LogP contribution in [0.25, 0.3) is 0 Å². The van der Waals surface area contributed by atoms with Gasteiger partial charge in [0.1, 0.15) is 5.75 Å². The van der Waals surface area contributed by atoms with Gasteiger partial charge in [0.15, 0.2) is 0 Å². The fraction of sp³-hybridized carbons (Fsp3) is 0.235. The van der Waals surface area contributed by atoms with Crippen LogP contribution in [0, 0.1) is 0 Å². The monoisotopic (exact) mass is 267 g/mol. The molecule has 0 bridgehead atoms. The predicted molar refractivity (Wildman–Crippen MR) is 77.9 cm³/mol. The van der Waals surface area contributed by atoms with Gasteiger partial charge in [-0.15, -0.1) is 0 Å². The third-order valence-corrected chi connectivity index (χ3v) is 3.76. The van der Waals surface area contributed by atoms with Gasteiger partial charge in [0, 0.05) is 13.1 Å². The van der Waals surface area contributed by atoms with Crippen molar-refractivity contribution in [3.05, 3.63) is 65.2 Å². The van der Waals surface area contributed by atoms with Crippen LogP contribution in [-0.4, -0.2) is 24.5 Å². The first-order valence-corrected chi connectivity index (χ1v) is 6.78. The molecule has 1 aliphatic rings. The van der Waals surface area contributed by atoms with Crippen LogP contribution >= 0.6 is 0 Å². The maximum Gasteiger partial charge on any atom is 0.257 e. The number of carbonyl (C=O) groups is 1. The van der Waals surface area contributed by atoms with E-state index in [9.17, 15) is 4.79 Å². The second kappa shape index (κ2) is 5.37. The molecule has 0 aliphatic carbocycles. The fourth-order valence-corrected chi connectivity index (χ4v) is 2.66. The van der Waals surface area contributed by atoms with Gasteiger partial charge in [0.25, 0.3) is 5.91 Å². The summed E-state index contributed by atoms with van der Waals surface area (Å²) in [5.74, 6) is 0.674. The van der Waals surface area contributed by atoms with E-state index in [2.05, 4.69) is 18.2 Å². The second-order valence-corrected chi connectivity index (χ2v) is 4.95. The second-order valence-electron chi connectivity index (χ2n) is 4.95. The number of para-hydroxylation sites is 1. The van der Waals surface area contributed by atoms with Gasteiger partial charge >= 0.3 is 0 Å². The van der Waals surface area contributed by atoms with E-state index >= 15 is 0 Å². The van der Waals surface area contributed by atoms with E-state index in [4.69, 9.17) is 4.74 Å². The number of nitrogens with zero attached hydrogens (tertiary/aromatic N) is 1. The zero-order chi connectivity index (χ0) is 13.9. The average Bonchev–Trinajstić information content (AvgIpc) is 2.53. The molecule has 0 fully saturated rings. The molecule has 102 valence electrons. The van der Waals surface area contributed by atoms with E-state index in [1.807, 2.05) is 35.2 Å². The van der Waals surface area contributed by atoms with Crippen molar-refractivity contribution in [1.29, 1.82) is 0 Å². The van der Waals surface area contributed by atoms with Crippen molar-refractivity contribution in [2.24, 2.45) is 0 Å². The van der Waals surface area contributed by atoms with Gasteiger partial charge in [0.2, 0.25) is 0 Å². The molecule has 0 spiro atoms. The molecular weight excluding hydrogens is 250 g/mol. The lowest BCUT2D eigenvalue weighted by Gasteiger charge is -2.29. The molecule has 0 saturated heterocycles. The Balaban J connectivity index is 1.86. The van der Waals surface area contributed by atoms with Gasteiger partial charge in [-0.1, -0.05) is 36.4 Å². The maximum absolute atomic E-state index is 12.6. The molecule has 3 nitrogen and oxygen atoms in total. The minimum atomic E-state index is 0.0388. The molecular formula is C17H17NO2. The normalized spacial score (nSPS) is 13.8. The molecule has 1 heterocycles. The van der Waals surface area contributed by atoms with Crippen molar-refractivity contribution >= 4 is 5.91 Å². The molecule has 0 unspecified atom stereocenters. The van der Waals surface area contributed by atoms with Crippen molar-refractivity contribution in [2.45, 2.75) is 13.0 Å². The summed E-state index contributed by atoms with van der Waals surface area (Å²) in [6, 6.07) is 15.7. The number of amides is 1. The first kappa shape index (κ1) is 12.7. The Bertz CT molecular complexity index is 636. The third kappa shape index (κ3) is 2.27. The highest BCUT2D eigenvalue weighted by Gasteiger charge is 2.23. The number of carbonyl (C=O) groups excluding carboxylic acids is 1. The molecule has 3 heteroatoms. The summed E-state index contributed by atoms with van der Waals surface area (Å²) in [7, 11) is 1.59. The maximum atomic E-state index is 12.6. The van der Waals surface area contributed by atoms with E-state index in [1.165, 1.54) is 11.1 Å². The van der Waals surface area contributed by atoms with Crippen molar-refractivity contribution in [3.63, 3.8) is 0 Å². The first-order chi connectivity index (χ1) is 9.79. The van der Waals surface area contributed by atoms with Gasteiger partial charge in [-0.3, -0.25) is 4.79 Å². The van der Waals surface area contributed by atoms with Gasteiger partial charge in [0.05, 0.1) is 12.7 Å². The Morgan fingerprint density at radius 2 is 1.75 bits per heavy atom. The molecule has 0 N–H and O–H groups in total. The van der Waals surface area contributed by atoms with Crippen LogP contribution in [0.15, 0.2) is 48.5 Å². The SMILES string of the molecule is COc1ccccc1C(=O)N1CCc2ccccc2C1. The molecule has 1 aliphatic heterocycles. The topological polar surface area (TPSA) is 29.5 Å². The summed E-state index contributed by atoms with van der Waals surface area (Å²) >= 11 is 0. The number of ether oxygens (including phenoxy) is 1. The summed E-state index contributed by atoms with van der Waals surface area (Å²) in [6.45, 7) is 1.43. The van der Waals surface area contributed by atoms with Crippen molar-refractivity contribution in [3.8, 4) is 5.75 Å². The van der Waals surface area contributed by atoms with E-state index < -0.39 is 0 Å². The fourth-order valence-electron chi connectivity index (χ4n) is 2.66. The van der Waals surface area contributed by atoms with E-state index in [-0.39, 0.29) is 5.91 Å². The smallest absolute Gasteiger partial charge is 0.257 e. The van der Waals surface area contributed by atoms with Crippen molar-refractivity contribution < 1.29 is 9.53 Å². The molecule has 0 aromatic heterocycles. The highest BCUT2D eigenvalue weighted by Crippen LogP contribution is 2.24. The van der Waals surface area contributed by atoms with Crippen molar-refractivity contribution in [1.82, 2.24) is 4.90 Å². The zero-order valence-corrected chi connectivity index (χ0v) is 11.5. The Hall–Kier alpha value is -2.29. The predicted octanol–water partition coefficient (Wildman–Crippen LogP) is 2.89. The summed E-state index contributed by atoms with van der Waals surface area (Å²) in [4.78, 5) is 14.5. The van der Waals surface area contributed by atoms with Crippen LogP contribution in [0.5, 0.6) is 5.75 Å². The quantitative estimate of drug-likeness (QED) is 0.837. The Kier molecular flexibility index (Phi) is 3.42. The lowest BCUT2D eigenvalue weighted by molar-refractivity contribution is 0.0731. The standard InChI is InChI=1S/C17H17NO2/c1-20-16-9-5-4-8-15(16)17(19)18-11-10-13-6-2-3-7-14(13)12-18/h2-9H,10-12H2,1H3. The largest absolute Gasteiger partial charge is 0.496 e.